The zero-order valence-electron chi connectivity index (χ0n) is 26.4. The van der Waals surface area contributed by atoms with E-state index in [9.17, 15) is 4.79 Å². The number of likely N-dealkylation sites (N-methyl/N-ethyl adjacent to an activating group) is 1. The van der Waals surface area contributed by atoms with Gasteiger partial charge in [-0.3, -0.25) is 4.79 Å². The van der Waals surface area contributed by atoms with Crippen molar-refractivity contribution in [3.63, 3.8) is 0 Å². The number of hydrogen-bond acceptors (Lipinski definition) is 8. The zero-order valence-corrected chi connectivity index (χ0v) is 26.4. The van der Waals surface area contributed by atoms with Crippen molar-refractivity contribution in [2.45, 2.75) is 63.9 Å². The van der Waals surface area contributed by atoms with Gasteiger partial charge in [-0.25, -0.2) is 0 Å². The molecule has 0 spiro atoms. The maximum absolute atomic E-state index is 12.6. The Kier molecular flexibility index (Phi) is 13.6. The van der Waals surface area contributed by atoms with Crippen molar-refractivity contribution in [1.29, 1.82) is 0 Å². The second-order valence-corrected chi connectivity index (χ2v) is 11.3. The van der Waals surface area contributed by atoms with Crippen LogP contribution in [0.3, 0.4) is 0 Å². The minimum atomic E-state index is -0.107. The van der Waals surface area contributed by atoms with Gasteiger partial charge in [0.15, 0.2) is 0 Å². The summed E-state index contributed by atoms with van der Waals surface area (Å²) in [4.78, 5) is 16.7. The van der Waals surface area contributed by atoms with Gasteiger partial charge in [0.2, 0.25) is 5.91 Å². The number of nitrogens with zero attached hydrogens (tertiary/aromatic N) is 2. The Balaban J connectivity index is 1.47. The van der Waals surface area contributed by atoms with Crippen LogP contribution in [0.15, 0.2) is 42.5 Å². The van der Waals surface area contributed by atoms with Crippen LogP contribution < -0.4 is 9.64 Å². The molecule has 0 saturated heterocycles. The third-order valence-corrected chi connectivity index (χ3v) is 8.39. The molecule has 0 unspecified atom stereocenters. The molecule has 4 rings (SSSR count). The topological polar surface area (TPSA) is 78.9 Å². The van der Waals surface area contributed by atoms with E-state index >= 15 is 0 Å². The minimum absolute atomic E-state index is 0.000760. The number of benzene rings is 2. The molecular formula is C34H50N2O7. The van der Waals surface area contributed by atoms with Crippen LogP contribution in [0.4, 0.5) is 5.69 Å². The van der Waals surface area contributed by atoms with E-state index in [4.69, 9.17) is 28.4 Å². The average Bonchev–Trinajstić information content (AvgIpc) is 3.04. The predicted octanol–water partition coefficient (Wildman–Crippen LogP) is 4.80. The van der Waals surface area contributed by atoms with Crippen molar-refractivity contribution >= 4 is 11.6 Å². The van der Waals surface area contributed by atoms with Gasteiger partial charge in [-0.05, 0) is 61.4 Å². The lowest BCUT2D eigenvalue weighted by Crippen LogP contribution is -2.40. The summed E-state index contributed by atoms with van der Waals surface area (Å²) in [5, 5.41) is 0. The van der Waals surface area contributed by atoms with E-state index in [1.54, 1.807) is 19.1 Å². The molecule has 1 amide bonds. The maximum Gasteiger partial charge on any atom is 0.248 e. The lowest BCUT2D eigenvalue weighted by molar-refractivity contribution is -0.140. The number of carbonyl (C=O) groups is 1. The van der Waals surface area contributed by atoms with E-state index in [0.717, 1.165) is 73.5 Å². The number of hydrogen-bond donors (Lipinski definition) is 0. The minimum Gasteiger partial charge on any atom is -0.490 e. The van der Waals surface area contributed by atoms with E-state index in [1.807, 2.05) is 14.0 Å². The fourth-order valence-electron chi connectivity index (χ4n) is 5.80. The number of amides is 1. The number of fused-ring (bicyclic) bond motifs is 1. The summed E-state index contributed by atoms with van der Waals surface area (Å²) in [6, 6.07) is 14.9. The summed E-state index contributed by atoms with van der Waals surface area (Å²) in [7, 11) is 5.23. The Hall–Kier alpha value is -2.69. The maximum atomic E-state index is 12.6. The Labute approximate surface area is 257 Å². The summed E-state index contributed by atoms with van der Waals surface area (Å²) in [5.74, 6) is 0.937. The smallest absolute Gasteiger partial charge is 0.248 e. The molecule has 0 radical (unpaired) electrons. The first-order valence-electron chi connectivity index (χ1n) is 15.7. The Morgan fingerprint density at radius 2 is 1.70 bits per heavy atom. The Morgan fingerprint density at radius 3 is 2.44 bits per heavy atom. The van der Waals surface area contributed by atoms with Gasteiger partial charge < -0.3 is 38.2 Å². The van der Waals surface area contributed by atoms with Crippen LogP contribution in [0.5, 0.6) is 5.75 Å². The van der Waals surface area contributed by atoms with Crippen LogP contribution >= 0.6 is 0 Å². The van der Waals surface area contributed by atoms with Crippen LogP contribution in [0.1, 0.15) is 55.2 Å². The van der Waals surface area contributed by atoms with E-state index in [0.29, 0.717) is 39.6 Å². The second kappa shape index (κ2) is 17.6. The highest BCUT2D eigenvalue weighted by atomic mass is 16.5. The van der Waals surface area contributed by atoms with Gasteiger partial charge in [0.25, 0.3) is 0 Å². The first kappa shape index (κ1) is 33.2. The SMILES string of the molecule is CCN(C)C(=O)CO[C@@H]1CCC[C@H](OCc2ccc3c(c2)N(CCCOC)CCO3)[C@H]1c1ccc(COCCOC)cc1. The molecule has 0 bridgehead atoms. The number of methoxy groups -OCH3 is 2. The molecule has 0 aromatic heterocycles. The quantitative estimate of drug-likeness (QED) is 0.240. The molecule has 238 valence electrons. The van der Waals surface area contributed by atoms with Gasteiger partial charge in [-0.1, -0.05) is 30.3 Å². The van der Waals surface area contributed by atoms with Gasteiger partial charge in [0, 0.05) is 46.9 Å². The summed E-state index contributed by atoms with van der Waals surface area (Å²) in [5.41, 5.74) is 4.50. The van der Waals surface area contributed by atoms with Gasteiger partial charge in [0.05, 0.1) is 50.9 Å². The molecule has 2 aromatic rings. The summed E-state index contributed by atoms with van der Waals surface area (Å²) >= 11 is 0. The van der Waals surface area contributed by atoms with Crippen molar-refractivity contribution in [2.75, 3.05) is 78.8 Å². The van der Waals surface area contributed by atoms with Gasteiger partial charge in [-0.2, -0.15) is 0 Å². The number of carbonyl (C=O) groups excluding carboxylic acids is 1. The van der Waals surface area contributed by atoms with Crippen LogP contribution in [-0.2, 0) is 41.7 Å². The van der Waals surface area contributed by atoms with Crippen molar-refractivity contribution in [3.05, 3.63) is 59.2 Å². The van der Waals surface area contributed by atoms with Crippen LogP contribution in [0.25, 0.3) is 0 Å². The van der Waals surface area contributed by atoms with Crippen LogP contribution in [-0.4, -0.2) is 97.0 Å². The molecule has 1 saturated carbocycles. The molecule has 1 aliphatic carbocycles. The lowest BCUT2D eigenvalue weighted by Gasteiger charge is -2.38. The Bertz CT molecular complexity index is 1110. The first-order chi connectivity index (χ1) is 21.0. The normalized spacial score (nSPS) is 20.0. The number of rotatable bonds is 17. The van der Waals surface area contributed by atoms with Crippen LogP contribution in [0, 0.1) is 0 Å². The third kappa shape index (κ3) is 9.65. The highest BCUT2D eigenvalue weighted by molar-refractivity contribution is 5.77. The van der Waals surface area contributed by atoms with Crippen molar-refractivity contribution < 1.29 is 33.2 Å². The fraction of sp³-hybridized carbons (Fsp3) is 0.618. The molecule has 3 atom stereocenters. The van der Waals surface area contributed by atoms with E-state index in [2.05, 4.69) is 47.4 Å². The van der Waals surface area contributed by atoms with Gasteiger partial charge >= 0.3 is 0 Å². The molecule has 1 aliphatic heterocycles. The van der Waals surface area contributed by atoms with Gasteiger partial charge in [0.1, 0.15) is 19.0 Å². The fourth-order valence-corrected chi connectivity index (χ4v) is 5.80. The van der Waals surface area contributed by atoms with E-state index < -0.39 is 0 Å². The predicted molar refractivity (Wildman–Crippen MR) is 167 cm³/mol. The van der Waals surface area contributed by atoms with Crippen molar-refractivity contribution in [3.8, 4) is 5.75 Å². The lowest BCUT2D eigenvalue weighted by atomic mass is 9.79. The summed E-state index contributed by atoms with van der Waals surface area (Å²) < 4.78 is 35.0. The molecule has 2 aliphatic rings. The average molecular weight is 599 g/mol. The van der Waals surface area contributed by atoms with Crippen molar-refractivity contribution in [1.82, 2.24) is 4.90 Å². The molecule has 1 fully saturated rings. The first-order valence-corrected chi connectivity index (χ1v) is 15.7. The third-order valence-electron chi connectivity index (χ3n) is 8.39. The monoisotopic (exact) mass is 598 g/mol. The highest BCUT2D eigenvalue weighted by Crippen LogP contribution is 2.39. The molecule has 9 nitrogen and oxygen atoms in total. The standard InChI is InChI=1S/C34H50N2O7/c1-5-35(2)33(37)25-43-32-9-6-8-31(34(32)28-13-10-26(11-14-28)23-40-21-20-39-4)42-24-27-12-15-30-29(22-27)36(17-19-41-30)16-7-18-38-3/h10-15,22,31-32,34H,5-9,16-21,23-25H2,1-4H3/t31-,32+,34+/m0/s1. The summed E-state index contributed by atoms with van der Waals surface area (Å²) in [6.45, 7) is 8.10. The molecule has 1 heterocycles. The van der Waals surface area contributed by atoms with E-state index in [-0.39, 0.29) is 30.6 Å². The van der Waals surface area contributed by atoms with E-state index in [1.165, 1.54) is 0 Å². The number of anilines is 1. The van der Waals surface area contributed by atoms with Crippen LogP contribution in [0.2, 0.25) is 0 Å². The second-order valence-electron chi connectivity index (χ2n) is 11.3. The molecular weight excluding hydrogens is 548 g/mol. The molecule has 9 heteroatoms. The Morgan fingerprint density at radius 1 is 0.953 bits per heavy atom. The molecule has 2 aromatic carbocycles. The number of ether oxygens (including phenoxy) is 6. The van der Waals surface area contributed by atoms with Crippen molar-refractivity contribution in [2.24, 2.45) is 0 Å². The zero-order chi connectivity index (χ0) is 30.4. The van der Waals surface area contributed by atoms with Gasteiger partial charge in [-0.15, -0.1) is 0 Å². The summed E-state index contributed by atoms with van der Waals surface area (Å²) in [6.07, 6.45) is 3.64. The molecule has 0 N–H and O–H groups in total. The molecule has 43 heavy (non-hydrogen) atoms. The largest absolute Gasteiger partial charge is 0.490 e. The highest BCUT2D eigenvalue weighted by Gasteiger charge is 2.36.